The maximum Gasteiger partial charge on any atom is 0.273 e. The van der Waals surface area contributed by atoms with Crippen molar-refractivity contribution < 1.29 is 13.5 Å². The van der Waals surface area contributed by atoms with Gasteiger partial charge in [-0.3, -0.25) is 0 Å². The molecule has 3 nitrogen and oxygen atoms in total. The third kappa shape index (κ3) is 4.24. The zero-order valence-corrected chi connectivity index (χ0v) is 16.7. The normalized spacial score (nSPS) is 13.9. The van der Waals surface area contributed by atoms with E-state index < -0.39 is 5.92 Å². The summed E-state index contributed by atoms with van der Waals surface area (Å²) in [7, 11) is 0. The Morgan fingerprint density at radius 3 is 2.48 bits per heavy atom. The topological polar surface area (TPSA) is 25.4 Å². The first kappa shape index (κ1) is 19.4. The molecule has 0 amide bonds. The molecule has 0 saturated heterocycles. The van der Waals surface area contributed by atoms with Gasteiger partial charge < -0.3 is 9.64 Å². The molecule has 0 bridgehead atoms. The highest BCUT2D eigenvalue weighted by atomic mass is 19.3. The number of aromatic nitrogens is 1. The minimum atomic E-state index is -2.81. The zero-order valence-electron chi connectivity index (χ0n) is 16.7. The Morgan fingerprint density at radius 2 is 1.76 bits per heavy atom. The molecule has 1 aromatic heterocycles. The van der Waals surface area contributed by atoms with Crippen molar-refractivity contribution in [2.45, 2.75) is 39.2 Å². The van der Waals surface area contributed by atoms with Gasteiger partial charge in [0, 0.05) is 31.3 Å². The predicted molar refractivity (Wildman–Crippen MR) is 111 cm³/mol. The number of alkyl halides is 2. The molecule has 0 fully saturated rings. The number of anilines is 1. The van der Waals surface area contributed by atoms with Gasteiger partial charge in [-0.15, -0.1) is 0 Å². The van der Waals surface area contributed by atoms with Crippen molar-refractivity contribution in [3.8, 4) is 11.5 Å². The van der Waals surface area contributed by atoms with Crippen molar-refractivity contribution in [1.29, 1.82) is 0 Å². The number of ether oxygens (including phenoxy) is 1. The van der Waals surface area contributed by atoms with Gasteiger partial charge in [-0.2, -0.15) is 0 Å². The lowest BCUT2D eigenvalue weighted by Crippen LogP contribution is -2.31. The van der Waals surface area contributed by atoms with E-state index in [4.69, 9.17) is 4.74 Å². The highest BCUT2D eigenvalue weighted by molar-refractivity contribution is 5.48. The molecule has 0 spiro atoms. The second kappa shape index (κ2) is 7.82. The lowest BCUT2D eigenvalue weighted by Gasteiger charge is -2.30. The van der Waals surface area contributed by atoms with Gasteiger partial charge in [-0.1, -0.05) is 13.0 Å². The van der Waals surface area contributed by atoms with E-state index in [0.717, 1.165) is 25.3 Å². The van der Waals surface area contributed by atoms with E-state index in [0.29, 0.717) is 11.5 Å². The van der Waals surface area contributed by atoms with Gasteiger partial charge in [0.2, 0.25) is 0 Å². The van der Waals surface area contributed by atoms with Crippen molar-refractivity contribution in [1.82, 2.24) is 4.98 Å². The van der Waals surface area contributed by atoms with Gasteiger partial charge in [-0.05, 0) is 78.6 Å². The quantitative estimate of drug-likeness (QED) is 0.512. The van der Waals surface area contributed by atoms with Crippen LogP contribution in [0.25, 0.3) is 0 Å². The number of nitrogens with zero attached hydrogens (tertiary/aromatic N) is 2. The summed E-state index contributed by atoms with van der Waals surface area (Å²) in [6, 6.07) is 16.2. The molecule has 2 aromatic carbocycles. The van der Waals surface area contributed by atoms with E-state index in [-0.39, 0.29) is 12.0 Å². The second-order valence-corrected chi connectivity index (χ2v) is 7.48. The average molecular weight is 394 g/mol. The molecule has 0 N–H and O–H groups in total. The van der Waals surface area contributed by atoms with Crippen molar-refractivity contribution in [3.05, 3.63) is 83.0 Å². The lowest BCUT2D eigenvalue weighted by atomic mass is 9.99. The van der Waals surface area contributed by atoms with Crippen LogP contribution in [-0.2, 0) is 18.9 Å². The molecule has 0 saturated carbocycles. The highest BCUT2D eigenvalue weighted by Crippen LogP contribution is 2.34. The Hall–Kier alpha value is -2.95. The SMILES string of the molecule is CCC(F)(F)c1ccc(Oc2ccc3c(c2)CN(c2cc(C)ccn2)CC3)cc1. The Labute approximate surface area is 170 Å². The number of fused-ring (bicyclic) bond motifs is 1. The fourth-order valence-electron chi connectivity index (χ4n) is 3.59. The molecule has 0 unspecified atom stereocenters. The first-order valence-electron chi connectivity index (χ1n) is 9.90. The number of hydrogen-bond donors (Lipinski definition) is 0. The van der Waals surface area contributed by atoms with Crippen LogP contribution in [0.3, 0.4) is 0 Å². The van der Waals surface area contributed by atoms with Gasteiger partial charge in [0.15, 0.2) is 0 Å². The van der Waals surface area contributed by atoms with E-state index in [1.807, 2.05) is 24.4 Å². The average Bonchev–Trinajstić information content (AvgIpc) is 2.73. The van der Waals surface area contributed by atoms with E-state index in [9.17, 15) is 8.78 Å². The maximum absolute atomic E-state index is 13.8. The number of rotatable bonds is 5. The fourth-order valence-corrected chi connectivity index (χ4v) is 3.59. The molecule has 0 atom stereocenters. The van der Waals surface area contributed by atoms with E-state index in [1.165, 1.54) is 35.7 Å². The van der Waals surface area contributed by atoms with Crippen LogP contribution in [0.5, 0.6) is 11.5 Å². The lowest BCUT2D eigenvalue weighted by molar-refractivity contribution is -0.00830. The molecule has 5 heteroatoms. The van der Waals surface area contributed by atoms with Crippen molar-refractivity contribution in [2.24, 2.45) is 0 Å². The van der Waals surface area contributed by atoms with Crippen LogP contribution in [0.4, 0.5) is 14.6 Å². The Morgan fingerprint density at radius 1 is 1.00 bits per heavy atom. The summed E-state index contributed by atoms with van der Waals surface area (Å²) in [5.41, 5.74) is 3.71. The second-order valence-electron chi connectivity index (χ2n) is 7.48. The molecule has 1 aliphatic heterocycles. The number of halogens is 2. The number of aryl methyl sites for hydroxylation is 1. The summed E-state index contributed by atoms with van der Waals surface area (Å²) in [5, 5.41) is 0. The van der Waals surface area contributed by atoms with Gasteiger partial charge in [-0.25, -0.2) is 13.8 Å². The van der Waals surface area contributed by atoms with Crippen molar-refractivity contribution in [2.75, 3.05) is 11.4 Å². The van der Waals surface area contributed by atoms with Crippen molar-refractivity contribution >= 4 is 5.82 Å². The van der Waals surface area contributed by atoms with Gasteiger partial charge in [0.05, 0.1) is 0 Å². The summed E-state index contributed by atoms with van der Waals surface area (Å²) >= 11 is 0. The van der Waals surface area contributed by atoms with E-state index >= 15 is 0 Å². The molecule has 3 aromatic rings. The molecule has 29 heavy (non-hydrogen) atoms. The molecule has 0 radical (unpaired) electrons. The third-order valence-electron chi connectivity index (χ3n) is 5.37. The molecule has 2 heterocycles. The summed E-state index contributed by atoms with van der Waals surface area (Å²) in [6.45, 7) is 5.24. The van der Waals surface area contributed by atoms with E-state index in [1.54, 1.807) is 12.1 Å². The van der Waals surface area contributed by atoms with Gasteiger partial charge >= 0.3 is 0 Å². The smallest absolute Gasteiger partial charge is 0.273 e. The molecule has 4 rings (SSSR count). The molecular formula is C24H24F2N2O. The molecular weight excluding hydrogens is 370 g/mol. The highest BCUT2D eigenvalue weighted by Gasteiger charge is 2.28. The minimum Gasteiger partial charge on any atom is -0.457 e. The molecule has 0 aliphatic carbocycles. The number of benzene rings is 2. The third-order valence-corrected chi connectivity index (χ3v) is 5.37. The monoisotopic (exact) mass is 394 g/mol. The summed E-state index contributed by atoms with van der Waals surface area (Å²) in [6.07, 6.45) is 2.57. The van der Waals surface area contributed by atoms with E-state index in [2.05, 4.69) is 28.9 Å². The first-order chi connectivity index (χ1) is 13.9. The molecule has 1 aliphatic rings. The van der Waals surface area contributed by atoms with Crippen LogP contribution in [0.15, 0.2) is 60.8 Å². The summed E-state index contributed by atoms with van der Waals surface area (Å²) in [4.78, 5) is 6.76. The number of pyridine rings is 1. The Balaban J connectivity index is 1.51. The van der Waals surface area contributed by atoms with Gasteiger partial charge in [0.1, 0.15) is 17.3 Å². The first-order valence-corrected chi connectivity index (χ1v) is 9.90. The van der Waals surface area contributed by atoms with Crippen LogP contribution in [-0.4, -0.2) is 11.5 Å². The fraction of sp³-hybridized carbons (Fsp3) is 0.292. The standard InChI is InChI=1S/C24H24F2N2O/c1-3-24(25,26)20-5-8-21(9-6-20)29-22-7-4-18-11-13-28(16-19(18)15-22)23-14-17(2)10-12-27-23/h4-10,12,14-15H,3,11,13,16H2,1-2H3. The van der Waals surface area contributed by atoms with Crippen molar-refractivity contribution in [3.63, 3.8) is 0 Å². The van der Waals surface area contributed by atoms with Crippen LogP contribution in [0.1, 0.15) is 35.6 Å². The zero-order chi connectivity index (χ0) is 20.4. The van der Waals surface area contributed by atoms with Crippen LogP contribution < -0.4 is 9.64 Å². The van der Waals surface area contributed by atoms with Crippen LogP contribution >= 0.6 is 0 Å². The maximum atomic E-state index is 13.8. The number of hydrogen-bond acceptors (Lipinski definition) is 3. The van der Waals surface area contributed by atoms with Crippen LogP contribution in [0, 0.1) is 6.92 Å². The molecule has 150 valence electrons. The largest absolute Gasteiger partial charge is 0.457 e. The Kier molecular flexibility index (Phi) is 5.22. The van der Waals surface area contributed by atoms with Crippen LogP contribution in [0.2, 0.25) is 0 Å². The summed E-state index contributed by atoms with van der Waals surface area (Å²) in [5.74, 6) is -0.571. The predicted octanol–water partition coefficient (Wildman–Crippen LogP) is 6.25. The van der Waals surface area contributed by atoms with Gasteiger partial charge in [0.25, 0.3) is 5.92 Å². The summed E-state index contributed by atoms with van der Waals surface area (Å²) < 4.78 is 33.5. The Bertz CT molecular complexity index is 1000. The minimum absolute atomic E-state index is 0.0130.